The number of benzene rings is 2. The lowest BCUT2D eigenvalue weighted by molar-refractivity contribution is -0.137. The van der Waals surface area contributed by atoms with E-state index in [2.05, 4.69) is 15.5 Å². The molecular formula is C21H20F3N5O2. The van der Waals surface area contributed by atoms with Gasteiger partial charge in [0, 0.05) is 23.7 Å². The topological polar surface area (TPSA) is 105 Å². The highest BCUT2D eigenvalue weighted by atomic mass is 19.4. The van der Waals surface area contributed by atoms with Gasteiger partial charge in [0.1, 0.15) is 7.11 Å². The van der Waals surface area contributed by atoms with Crippen LogP contribution in [0.4, 0.5) is 13.2 Å². The van der Waals surface area contributed by atoms with E-state index in [9.17, 15) is 13.2 Å². The largest absolute Gasteiger partial charge is 0.416 e. The molecule has 2 aromatic carbocycles. The van der Waals surface area contributed by atoms with E-state index < -0.39 is 11.7 Å². The number of oxime groups is 1. The average molecular weight is 431 g/mol. The van der Waals surface area contributed by atoms with Crippen molar-refractivity contribution >= 4 is 22.9 Å². The summed E-state index contributed by atoms with van der Waals surface area (Å²) in [5, 5.41) is 15.4. The lowest BCUT2D eigenvalue weighted by Gasteiger charge is -2.17. The van der Waals surface area contributed by atoms with E-state index in [0.29, 0.717) is 16.7 Å². The first-order valence-electron chi connectivity index (χ1n) is 8.86. The molecule has 7 nitrogen and oxygen atoms in total. The molecule has 31 heavy (non-hydrogen) atoms. The third-order valence-corrected chi connectivity index (χ3v) is 4.31. The van der Waals surface area contributed by atoms with Crippen LogP contribution in [0.15, 0.2) is 58.7 Å². The molecule has 3 N–H and O–H groups in total. The third kappa shape index (κ3) is 5.40. The lowest BCUT2D eigenvalue weighted by Crippen LogP contribution is -2.29. The second kappa shape index (κ2) is 10.3. The Labute approximate surface area is 177 Å². The van der Waals surface area contributed by atoms with Gasteiger partial charge in [0.25, 0.3) is 0 Å². The van der Waals surface area contributed by atoms with Crippen molar-refractivity contribution in [3.05, 3.63) is 70.8 Å². The van der Waals surface area contributed by atoms with Gasteiger partial charge in [0.15, 0.2) is 23.5 Å². The molecule has 2 rings (SSSR count). The fraction of sp³-hybridized carbons (Fsp3) is 0.190. The number of nitriles is 1. The van der Waals surface area contributed by atoms with Crippen molar-refractivity contribution in [1.82, 2.24) is 5.32 Å². The molecule has 0 atom stereocenters. The summed E-state index contributed by atoms with van der Waals surface area (Å²) in [6, 6.07) is 11.5. The van der Waals surface area contributed by atoms with Crippen LogP contribution in [0.2, 0.25) is 0 Å². The number of hydrogen-bond acceptors (Lipinski definition) is 6. The van der Waals surface area contributed by atoms with E-state index >= 15 is 0 Å². The average Bonchev–Trinajstić information content (AvgIpc) is 2.76. The highest BCUT2D eigenvalue weighted by Crippen LogP contribution is 2.33. The zero-order valence-electron chi connectivity index (χ0n) is 17.0. The van der Waals surface area contributed by atoms with Crippen LogP contribution in [0.3, 0.4) is 0 Å². The van der Waals surface area contributed by atoms with Crippen molar-refractivity contribution in [2.24, 2.45) is 16.0 Å². The summed E-state index contributed by atoms with van der Waals surface area (Å²) in [6.45, 7) is 1.59. The zero-order valence-corrected chi connectivity index (χ0v) is 17.0. The number of halogens is 3. The minimum atomic E-state index is -4.49. The Morgan fingerprint density at radius 1 is 1.13 bits per heavy atom. The molecule has 0 bridgehead atoms. The molecule has 0 saturated carbocycles. The Morgan fingerprint density at radius 2 is 1.81 bits per heavy atom. The molecule has 0 heterocycles. The first kappa shape index (κ1) is 23.4. The number of alkyl halides is 3. The van der Waals surface area contributed by atoms with Gasteiger partial charge in [-0.2, -0.15) is 24.3 Å². The highest BCUT2D eigenvalue weighted by molar-refractivity contribution is 6.48. The molecular weight excluding hydrogens is 411 g/mol. The van der Waals surface area contributed by atoms with Crippen LogP contribution >= 0.6 is 0 Å². The number of hydrogen-bond donors (Lipinski definition) is 2. The van der Waals surface area contributed by atoms with Gasteiger partial charge >= 0.3 is 6.18 Å². The van der Waals surface area contributed by atoms with Crippen LogP contribution in [-0.2, 0) is 15.9 Å². The summed E-state index contributed by atoms with van der Waals surface area (Å²) in [4.78, 5) is 14.0. The van der Waals surface area contributed by atoms with Crippen LogP contribution < -0.4 is 11.2 Å². The summed E-state index contributed by atoms with van der Waals surface area (Å²) >= 11 is 0. The maximum absolute atomic E-state index is 13.1. The number of nitrogens with one attached hydrogen (secondary N) is 1. The maximum Gasteiger partial charge on any atom is 0.416 e. The van der Waals surface area contributed by atoms with Crippen molar-refractivity contribution in [3.63, 3.8) is 0 Å². The molecule has 0 aliphatic carbocycles. The second-order valence-corrected chi connectivity index (χ2v) is 6.13. The summed E-state index contributed by atoms with van der Waals surface area (Å²) in [6.07, 6.45) is -2.73. The van der Waals surface area contributed by atoms with Crippen LogP contribution in [0, 0.1) is 11.5 Å². The van der Waals surface area contributed by atoms with Gasteiger partial charge in [-0.05, 0) is 24.6 Å². The normalized spacial score (nSPS) is 13.2. The Bertz CT molecular complexity index is 1070. The van der Waals surface area contributed by atoms with E-state index in [1.54, 1.807) is 37.4 Å². The van der Waals surface area contributed by atoms with Crippen molar-refractivity contribution in [1.29, 1.82) is 5.26 Å². The minimum Gasteiger partial charge on any atom is -0.411 e. The van der Waals surface area contributed by atoms with E-state index in [0.717, 1.165) is 12.1 Å². The minimum absolute atomic E-state index is 0.116. The zero-order chi connectivity index (χ0) is 23.0. The second-order valence-electron chi connectivity index (χ2n) is 6.13. The molecule has 0 fully saturated rings. The highest BCUT2D eigenvalue weighted by Gasteiger charge is 2.30. The first-order valence-corrected chi connectivity index (χ1v) is 8.86. The Morgan fingerprint density at radius 3 is 2.35 bits per heavy atom. The van der Waals surface area contributed by atoms with E-state index in [1.807, 2.05) is 0 Å². The summed E-state index contributed by atoms with van der Waals surface area (Å²) in [7, 11) is 2.78. The third-order valence-electron chi connectivity index (χ3n) is 4.31. The van der Waals surface area contributed by atoms with Crippen molar-refractivity contribution in [2.45, 2.75) is 13.1 Å². The Hall–Kier alpha value is -3.84. The SMILES string of the molecule is CN=C(NC#N)C(=NOC)c1ccccc1C(ON)=C(C)c1cccc(C(F)(F)F)c1. The van der Waals surface area contributed by atoms with Crippen LogP contribution in [0.5, 0.6) is 0 Å². The van der Waals surface area contributed by atoms with Crippen molar-refractivity contribution in [2.75, 3.05) is 14.2 Å². The molecule has 2 aromatic rings. The molecule has 0 spiro atoms. The van der Waals surface area contributed by atoms with Crippen molar-refractivity contribution in [3.8, 4) is 6.19 Å². The van der Waals surface area contributed by atoms with E-state index in [-0.39, 0.29) is 22.9 Å². The fourth-order valence-electron chi connectivity index (χ4n) is 2.89. The quantitative estimate of drug-likeness (QED) is 0.137. The molecule has 0 aliphatic heterocycles. The van der Waals surface area contributed by atoms with E-state index in [4.69, 9.17) is 20.8 Å². The van der Waals surface area contributed by atoms with Gasteiger partial charge in [-0.15, -0.1) is 0 Å². The van der Waals surface area contributed by atoms with Gasteiger partial charge < -0.3 is 9.68 Å². The first-order chi connectivity index (χ1) is 14.8. The predicted molar refractivity (Wildman–Crippen MR) is 111 cm³/mol. The number of rotatable bonds is 6. The molecule has 0 radical (unpaired) electrons. The lowest BCUT2D eigenvalue weighted by atomic mass is 9.95. The van der Waals surface area contributed by atoms with Gasteiger partial charge in [0.2, 0.25) is 0 Å². The van der Waals surface area contributed by atoms with Crippen molar-refractivity contribution < 1.29 is 22.8 Å². The molecule has 10 heteroatoms. The number of nitrogens with zero attached hydrogens (tertiary/aromatic N) is 3. The summed E-state index contributed by atoms with van der Waals surface area (Å²) in [5.74, 6) is 5.76. The van der Waals surface area contributed by atoms with Crippen LogP contribution in [-0.4, -0.2) is 25.7 Å². The van der Waals surface area contributed by atoms with E-state index in [1.165, 1.54) is 26.3 Å². The van der Waals surface area contributed by atoms with Gasteiger partial charge in [-0.3, -0.25) is 10.3 Å². The number of amidine groups is 1. The fourth-order valence-corrected chi connectivity index (χ4v) is 2.89. The van der Waals surface area contributed by atoms with Crippen LogP contribution in [0.25, 0.3) is 11.3 Å². The van der Waals surface area contributed by atoms with Gasteiger partial charge in [-0.25, -0.2) is 0 Å². The molecule has 162 valence electrons. The predicted octanol–water partition coefficient (Wildman–Crippen LogP) is 3.93. The molecule has 0 aromatic heterocycles. The smallest absolute Gasteiger partial charge is 0.411 e. The molecule has 0 aliphatic rings. The Balaban J connectivity index is 2.72. The Kier molecular flexibility index (Phi) is 7.76. The standard InChI is InChI=1S/C21H20F3N5O2/c1-13(14-7-6-8-15(11-14)21(22,23)24)19(31-26)17-10-5-4-9-16(17)18(29-30-3)20(27-2)28-12-25/h4-11H,26H2,1-3H3,(H,27,28). The number of allylic oxidation sites excluding steroid dienone is 1. The summed E-state index contributed by atoms with van der Waals surface area (Å²) < 4.78 is 39.4. The molecule has 0 unspecified atom stereocenters. The number of aliphatic imine (C=N–C) groups is 1. The summed E-state index contributed by atoms with van der Waals surface area (Å²) in [5.41, 5.74) is 0.856. The maximum atomic E-state index is 13.1. The van der Waals surface area contributed by atoms with Gasteiger partial charge in [-0.1, -0.05) is 41.6 Å². The molecule has 0 saturated heterocycles. The van der Waals surface area contributed by atoms with Crippen LogP contribution in [0.1, 0.15) is 29.2 Å². The monoisotopic (exact) mass is 431 g/mol. The molecule has 0 amide bonds. The van der Waals surface area contributed by atoms with Gasteiger partial charge in [0.05, 0.1) is 5.56 Å². The number of nitrogens with two attached hydrogens (primary N) is 1.